The van der Waals surface area contributed by atoms with Crippen LogP contribution in [-0.4, -0.2) is 23.2 Å². The first-order valence-corrected chi connectivity index (χ1v) is 6.60. The van der Waals surface area contributed by atoms with Crippen LogP contribution in [0.1, 0.15) is 51.9 Å². The van der Waals surface area contributed by atoms with E-state index in [0.29, 0.717) is 5.92 Å². The summed E-state index contributed by atoms with van der Waals surface area (Å²) in [5.74, 6) is 0.877. The Balaban J connectivity index is 1.95. The molecule has 2 N–H and O–H groups in total. The molecule has 2 aliphatic carbocycles. The van der Waals surface area contributed by atoms with Gasteiger partial charge in [0, 0.05) is 5.92 Å². The predicted molar refractivity (Wildman–Crippen MR) is 62.9 cm³/mol. The van der Waals surface area contributed by atoms with Gasteiger partial charge in [0.15, 0.2) is 0 Å². The molecule has 0 saturated heterocycles. The molecule has 3 heteroatoms. The molecule has 2 saturated carbocycles. The van der Waals surface area contributed by atoms with Crippen molar-refractivity contribution in [3.63, 3.8) is 0 Å². The number of carbonyl (C=O) groups is 1. The molecule has 2 unspecified atom stereocenters. The van der Waals surface area contributed by atoms with Crippen LogP contribution in [0.5, 0.6) is 0 Å². The lowest BCUT2D eigenvalue weighted by Gasteiger charge is -2.30. The fraction of sp³-hybridized carbons (Fsp3) is 0.923. The third-order valence-corrected chi connectivity index (χ3v) is 4.45. The van der Waals surface area contributed by atoms with E-state index in [1.54, 1.807) is 0 Å². The molecule has 0 aliphatic heterocycles. The second-order valence-corrected chi connectivity index (χ2v) is 5.65. The van der Waals surface area contributed by atoms with E-state index in [9.17, 15) is 9.90 Å². The summed E-state index contributed by atoms with van der Waals surface area (Å²) in [7, 11) is 0. The highest BCUT2D eigenvalue weighted by Crippen LogP contribution is 2.34. The predicted octanol–water partition coefficient (Wildman–Crippen LogP) is 1.84. The summed E-state index contributed by atoms with van der Waals surface area (Å²) in [6.45, 7) is 2.26. The van der Waals surface area contributed by atoms with Gasteiger partial charge in [-0.25, -0.2) is 0 Å². The maximum absolute atomic E-state index is 12.2. The number of rotatable bonds is 3. The fourth-order valence-electron chi connectivity index (χ4n) is 3.26. The lowest BCUT2D eigenvalue weighted by atomic mass is 9.93. The van der Waals surface area contributed by atoms with E-state index >= 15 is 0 Å². The summed E-state index contributed by atoms with van der Waals surface area (Å²) in [6.07, 6.45) is 7.50. The number of aliphatic hydroxyl groups excluding tert-OH is 1. The molecule has 92 valence electrons. The SMILES string of the molecule is CC1CCCC1C(=O)NC1(CO)CCCC1. The van der Waals surface area contributed by atoms with Gasteiger partial charge in [-0.1, -0.05) is 26.2 Å². The smallest absolute Gasteiger partial charge is 0.223 e. The molecule has 0 aromatic carbocycles. The normalized spacial score (nSPS) is 32.9. The molecule has 2 aliphatic rings. The highest BCUT2D eigenvalue weighted by Gasteiger charge is 2.38. The average molecular weight is 225 g/mol. The van der Waals surface area contributed by atoms with E-state index in [2.05, 4.69) is 12.2 Å². The van der Waals surface area contributed by atoms with Gasteiger partial charge in [0.05, 0.1) is 12.1 Å². The minimum absolute atomic E-state index is 0.0971. The second-order valence-electron chi connectivity index (χ2n) is 5.65. The van der Waals surface area contributed by atoms with Crippen molar-refractivity contribution in [2.24, 2.45) is 11.8 Å². The van der Waals surface area contributed by atoms with Gasteiger partial charge in [0.2, 0.25) is 5.91 Å². The molecule has 0 aromatic heterocycles. The summed E-state index contributed by atoms with van der Waals surface area (Å²) in [5.41, 5.74) is -0.292. The van der Waals surface area contributed by atoms with Crippen LogP contribution in [0.2, 0.25) is 0 Å². The molecule has 0 radical (unpaired) electrons. The van der Waals surface area contributed by atoms with E-state index in [-0.39, 0.29) is 24.0 Å². The monoisotopic (exact) mass is 225 g/mol. The fourth-order valence-corrected chi connectivity index (χ4v) is 3.26. The Hall–Kier alpha value is -0.570. The molecule has 16 heavy (non-hydrogen) atoms. The Bertz CT molecular complexity index is 259. The van der Waals surface area contributed by atoms with Gasteiger partial charge >= 0.3 is 0 Å². The van der Waals surface area contributed by atoms with Crippen LogP contribution in [0.4, 0.5) is 0 Å². The minimum Gasteiger partial charge on any atom is -0.394 e. The molecule has 2 atom stereocenters. The van der Waals surface area contributed by atoms with Crippen molar-refractivity contribution < 1.29 is 9.90 Å². The maximum Gasteiger partial charge on any atom is 0.223 e. The Morgan fingerprint density at radius 2 is 2.00 bits per heavy atom. The number of hydrogen-bond donors (Lipinski definition) is 2. The lowest BCUT2D eigenvalue weighted by Crippen LogP contribution is -2.51. The maximum atomic E-state index is 12.2. The van der Waals surface area contributed by atoms with Crippen LogP contribution in [0.25, 0.3) is 0 Å². The van der Waals surface area contributed by atoms with Crippen molar-refractivity contribution in [1.82, 2.24) is 5.32 Å². The molecular weight excluding hydrogens is 202 g/mol. The summed E-state index contributed by atoms with van der Waals surface area (Å²) >= 11 is 0. The van der Waals surface area contributed by atoms with Crippen molar-refractivity contribution in [1.29, 1.82) is 0 Å². The third kappa shape index (κ3) is 2.24. The molecule has 0 aromatic rings. The van der Waals surface area contributed by atoms with Crippen LogP contribution in [0, 0.1) is 11.8 Å². The van der Waals surface area contributed by atoms with Gasteiger partial charge in [-0.05, 0) is 31.6 Å². The topological polar surface area (TPSA) is 49.3 Å². The zero-order valence-corrected chi connectivity index (χ0v) is 10.2. The largest absolute Gasteiger partial charge is 0.394 e. The Morgan fingerprint density at radius 1 is 1.31 bits per heavy atom. The summed E-state index contributed by atoms with van der Waals surface area (Å²) < 4.78 is 0. The average Bonchev–Trinajstić information content (AvgIpc) is 2.87. The summed E-state index contributed by atoms with van der Waals surface area (Å²) in [4.78, 5) is 12.2. The van der Waals surface area contributed by atoms with Crippen molar-refractivity contribution >= 4 is 5.91 Å². The molecule has 2 rings (SSSR count). The van der Waals surface area contributed by atoms with Crippen molar-refractivity contribution in [3.05, 3.63) is 0 Å². The molecule has 0 spiro atoms. The van der Waals surface area contributed by atoms with E-state index < -0.39 is 0 Å². The van der Waals surface area contributed by atoms with Crippen LogP contribution in [0.3, 0.4) is 0 Å². The van der Waals surface area contributed by atoms with Gasteiger partial charge in [0.1, 0.15) is 0 Å². The number of nitrogens with one attached hydrogen (secondary N) is 1. The summed E-state index contributed by atoms with van der Waals surface area (Å²) in [6, 6.07) is 0. The third-order valence-electron chi connectivity index (χ3n) is 4.45. The van der Waals surface area contributed by atoms with Gasteiger partial charge in [-0.3, -0.25) is 4.79 Å². The van der Waals surface area contributed by atoms with E-state index in [1.807, 2.05) is 0 Å². The van der Waals surface area contributed by atoms with Crippen molar-refractivity contribution in [2.45, 2.75) is 57.4 Å². The van der Waals surface area contributed by atoms with E-state index in [1.165, 1.54) is 12.8 Å². The molecule has 3 nitrogen and oxygen atoms in total. The Kier molecular flexibility index (Phi) is 3.53. The van der Waals surface area contributed by atoms with Gasteiger partial charge in [-0.2, -0.15) is 0 Å². The second kappa shape index (κ2) is 4.74. The first kappa shape index (κ1) is 11.9. The van der Waals surface area contributed by atoms with Crippen LogP contribution in [-0.2, 0) is 4.79 Å². The number of amides is 1. The zero-order valence-electron chi connectivity index (χ0n) is 10.2. The Labute approximate surface area is 97.6 Å². The number of aliphatic hydroxyl groups is 1. The molecule has 0 bridgehead atoms. The van der Waals surface area contributed by atoms with Crippen molar-refractivity contribution in [2.75, 3.05) is 6.61 Å². The summed E-state index contributed by atoms with van der Waals surface area (Å²) in [5, 5.41) is 12.6. The van der Waals surface area contributed by atoms with Gasteiger partial charge in [-0.15, -0.1) is 0 Å². The zero-order chi connectivity index (χ0) is 11.6. The highest BCUT2D eigenvalue weighted by atomic mass is 16.3. The van der Waals surface area contributed by atoms with E-state index in [4.69, 9.17) is 0 Å². The number of carbonyl (C=O) groups excluding carboxylic acids is 1. The first-order valence-electron chi connectivity index (χ1n) is 6.60. The lowest BCUT2D eigenvalue weighted by molar-refractivity contribution is -0.128. The van der Waals surface area contributed by atoms with Crippen LogP contribution >= 0.6 is 0 Å². The molecule has 2 fully saturated rings. The molecule has 1 amide bonds. The first-order chi connectivity index (χ1) is 7.67. The molecular formula is C13H23NO2. The highest BCUT2D eigenvalue weighted by molar-refractivity contribution is 5.80. The standard InChI is InChI=1S/C13H23NO2/c1-10-5-4-6-11(10)12(16)14-13(9-15)7-2-3-8-13/h10-11,15H,2-9H2,1H3,(H,14,16). The van der Waals surface area contributed by atoms with Crippen LogP contribution in [0.15, 0.2) is 0 Å². The number of hydrogen-bond acceptors (Lipinski definition) is 2. The minimum atomic E-state index is -0.292. The van der Waals surface area contributed by atoms with E-state index in [0.717, 1.165) is 32.1 Å². The van der Waals surface area contributed by atoms with Gasteiger partial charge in [0.25, 0.3) is 0 Å². The van der Waals surface area contributed by atoms with Crippen molar-refractivity contribution in [3.8, 4) is 0 Å². The Morgan fingerprint density at radius 3 is 2.50 bits per heavy atom. The van der Waals surface area contributed by atoms with Crippen LogP contribution < -0.4 is 5.32 Å². The quantitative estimate of drug-likeness (QED) is 0.770. The van der Waals surface area contributed by atoms with Gasteiger partial charge < -0.3 is 10.4 Å². The molecule has 0 heterocycles.